The van der Waals surface area contributed by atoms with Gasteiger partial charge in [0.25, 0.3) is 0 Å². The summed E-state index contributed by atoms with van der Waals surface area (Å²) in [5, 5.41) is 0.972. The third kappa shape index (κ3) is 3.63. The second-order valence-electron chi connectivity index (χ2n) is 7.00. The van der Waals surface area contributed by atoms with Crippen molar-refractivity contribution in [1.82, 2.24) is 19.9 Å². The molecule has 132 valence electrons. The van der Waals surface area contributed by atoms with Crippen LogP contribution in [0.1, 0.15) is 18.5 Å². The molecule has 3 aromatic heterocycles. The van der Waals surface area contributed by atoms with E-state index in [0.717, 1.165) is 53.9 Å². The Morgan fingerprint density at radius 2 is 1.96 bits per heavy atom. The fraction of sp³-hybridized carbons (Fsp3) is 0.333. The van der Waals surface area contributed by atoms with Gasteiger partial charge in [0.05, 0.1) is 16.9 Å². The maximum atomic E-state index is 12.6. The molecule has 1 aliphatic heterocycles. The molecule has 0 atom stereocenters. The maximum absolute atomic E-state index is 12.6. The van der Waals surface area contributed by atoms with Crippen molar-refractivity contribution < 1.29 is 4.79 Å². The van der Waals surface area contributed by atoms with Gasteiger partial charge in [0.1, 0.15) is 5.78 Å². The van der Waals surface area contributed by atoms with E-state index in [1.807, 2.05) is 42.6 Å². The first-order valence-electron chi connectivity index (χ1n) is 9.07. The van der Waals surface area contributed by atoms with E-state index >= 15 is 0 Å². The van der Waals surface area contributed by atoms with Gasteiger partial charge in [-0.2, -0.15) is 0 Å². The molecular formula is C21H22N4O. The van der Waals surface area contributed by atoms with Gasteiger partial charge in [-0.1, -0.05) is 6.07 Å². The van der Waals surface area contributed by atoms with Crippen LogP contribution in [-0.2, 0) is 11.2 Å². The highest BCUT2D eigenvalue weighted by molar-refractivity contribution is 5.85. The second-order valence-corrected chi connectivity index (χ2v) is 7.00. The molecule has 0 N–H and O–H groups in total. The van der Waals surface area contributed by atoms with Gasteiger partial charge in [-0.3, -0.25) is 14.8 Å². The van der Waals surface area contributed by atoms with Gasteiger partial charge in [-0.15, -0.1) is 0 Å². The van der Waals surface area contributed by atoms with E-state index in [1.54, 1.807) is 6.20 Å². The smallest absolute Gasteiger partial charge is 0.142 e. The summed E-state index contributed by atoms with van der Waals surface area (Å²) in [4.78, 5) is 28.4. The minimum absolute atomic E-state index is 0.163. The number of carbonyl (C=O) groups is 1. The summed E-state index contributed by atoms with van der Waals surface area (Å²) in [5.74, 6) is 0.460. The zero-order valence-corrected chi connectivity index (χ0v) is 14.9. The Kier molecular flexibility index (Phi) is 4.71. The van der Waals surface area contributed by atoms with Gasteiger partial charge in [-0.05, 0) is 63.3 Å². The monoisotopic (exact) mass is 346 g/mol. The van der Waals surface area contributed by atoms with Crippen molar-refractivity contribution in [2.75, 3.05) is 20.1 Å². The number of piperidine rings is 1. The van der Waals surface area contributed by atoms with Crippen LogP contribution in [0.2, 0.25) is 0 Å². The Labute approximate surface area is 153 Å². The highest BCUT2D eigenvalue weighted by Crippen LogP contribution is 2.21. The number of nitrogens with zero attached hydrogens (tertiary/aromatic N) is 4. The topological polar surface area (TPSA) is 59.0 Å². The first-order valence-corrected chi connectivity index (χ1v) is 9.07. The number of Topliss-reactive ketones (excluding diaryl/α,β-unsaturated/α-hetero) is 1. The summed E-state index contributed by atoms with van der Waals surface area (Å²) in [5.41, 5.74) is 3.33. The normalized spacial score (nSPS) is 16.0. The standard InChI is InChI=1S/C21H22N4O/c1-25-10-7-15(8-11-25)21(26)13-17-12-20-16(14-23-17)5-6-19(24-20)18-4-2-3-9-22-18/h2-6,9,12,14-15H,7-8,10-11,13H2,1H3. The zero-order valence-electron chi connectivity index (χ0n) is 14.9. The summed E-state index contributed by atoms with van der Waals surface area (Å²) < 4.78 is 0. The van der Waals surface area contributed by atoms with Crippen LogP contribution in [0.3, 0.4) is 0 Å². The van der Waals surface area contributed by atoms with Gasteiger partial charge < -0.3 is 4.90 Å². The average molecular weight is 346 g/mol. The number of rotatable bonds is 4. The molecule has 1 aliphatic rings. The summed E-state index contributed by atoms with van der Waals surface area (Å²) in [7, 11) is 2.11. The summed E-state index contributed by atoms with van der Waals surface area (Å²) in [6.07, 6.45) is 5.86. The molecule has 1 fully saturated rings. The predicted molar refractivity (Wildman–Crippen MR) is 102 cm³/mol. The summed E-state index contributed by atoms with van der Waals surface area (Å²) >= 11 is 0. The molecule has 0 amide bonds. The Morgan fingerprint density at radius 1 is 1.12 bits per heavy atom. The largest absolute Gasteiger partial charge is 0.306 e. The predicted octanol–water partition coefficient (Wildman–Crippen LogP) is 3.15. The average Bonchev–Trinajstić information content (AvgIpc) is 2.68. The fourth-order valence-electron chi connectivity index (χ4n) is 3.47. The van der Waals surface area contributed by atoms with E-state index in [1.165, 1.54) is 0 Å². The van der Waals surface area contributed by atoms with Crippen molar-refractivity contribution in [3.63, 3.8) is 0 Å². The van der Waals surface area contributed by atoms with E-state index < -0.39 is 0 Å². The van der Waals surface area contributed by atoms with Crippen LogP contribution in [-0.4, -0.2) is 45.8 Å². The molecule has 0 spiro atoms. The summed E-state index contributed by atoms with van der Waals surface area (Å²) in [6, 6.07) is 11.7. The molecule has 1 saturated heterocycles. The minimum atomic E-state index is 0.163. The number of pyridine rings is 3. The lowest BCUT2D eigenvalue weighted by Crippen LogP contribution is -2.34. The van der Waals surface area contributed by atoms with Crippen LogP contribution in [0.15, 0.2) is 48.8 Å². The molecule has 0 bridgehead atoms. The molecule has 3 aromatic rings. The van der Waals surface area contributed by atoms with Crippen molar-refractivity contribution in [2.45, 2.75) is 19.3 Å². The first-order chi connectivity index (χ1) is 12.7. The van der Waals surface area contributed by atoms with Gasteiger partial charge in [0, 0.05) is 35.8 Å². The van der Waals surface area contributed by atoms with Gasteiger partial charge >= 0.3 is 0 Å². The SMILES string of the molecule is CN1CCC(C(=O)Cc2cc3nc(-c4ccccn4)ccc3cn2)CC1. The third-order valence-corrected chi connectivity index (χ3v) is 5.09. The third-order valence-electron chi connectivity index (χ3n) is 5.09. The van der Waals surface area contributed by atoms with Crippen molar-refractivity contribution in [1.29, 1.82) is 0 Å². The molecule has 0 aliphatic carbocycles. The number of hydrogen-bond acceptors (Lipinski definition) is 5. The number of hydrogen-bond donors (Lipinski definition) is 0. The van der Waals surface area contributed by atoms with Crippen molar-refractivity contribution in [3.05, 3.63) is 54.5 Å². The minimum Gasteiger partial charge on any atom is -0.306 e. The Bertz CT molecular complexity index is 918. The number of aromatic nitrogens is 3. The summed E-state index contributed by atoms with van der Waals surface area (Å²) in [6.45, 7) is 1.99. The number of carbonyl (C=O) groups excluding carboxylic acids is 1. The van der Waals surface area contributed by atoms with Crippen molar-refractivity contribution in [2.24, 2.45) is 5.92 Å². The van der Waals surface area contributed by atoms with Crippen LogP contribution >= 0.6 is 0 Å². The highest BCUT2D eigenvalue weighted by atomic mass is 16.1. The molecule has 0 aromatic carbocycles. The van der Waals surface area contributed by atoms with E-state index in [2.05, 4.69) is 21.9 Å². The quantitative estimate of drug-likeness (QED) is 0.726. The molecule has 0 saturated carbocycles. The molecule has 4 heterocycles. The zero-order chi connectivity index (χ0) is 17.9. The lowest BCUT2D eigenvalue weighted by molar-refractivity contribution is -0.123. The highest BCUT2D eigenvalue weighted by Gasteiger charge is 2.23. The van der Waals surface area contributed by atoms with E-state index in [9.17, 15) is 4.79 Å². The number of ketones is 1. The van der Waals surface area contributed by atoms with Gasteiger partial charge in [0.15, 0.2) is 0 Å². The van der Waals surface area contributed by atoms with E-state index in [-0.39, 0.29) is 5.92 Å². The second kappa shape index (κ2) is 7.30. The first kappa shape index (κ1) is 16.8. The number of likely N-dealkylation sites (tertiary alicyclic amines) is 1. The van der Waals surface area contributed by atoms with Crippen molar-refractivity contribution >= 4 is 16.7 Å². The van der Waals surface area contributed by atoms with Gasteiger partial charge in [0.2, 0.25) is 0 Å². The van der Waals surface area contributed by atoms with Crippen LogP contribution in [0, 0.1) is 5.92 Å². The van der Waals surface area contributed by atoms with Crippen LogP contribution < -0.4 is 0 Å². The molecule has 26 heavy (non-hydrogen) atoms. The molecular weight excluding hydrogens is 324 g/mol. The Hall–Kier alpha value is -2.66. The Balaban J connectivity index is 1.55. The fourth-order valence-corrected chi connectivity index (χ4v) is 3.47. The van der Waals surface area contributed by atoms with Crippen LogP contribution in [0.25, 0.3) is 22.3 Å². The number of fused-ring (bicyclic) bond motifs is 1. The lowest BCUT2D eigenvalue weighted by atomic mass is 9.90. The lowest BCUT2D eigenvalue weighted by Gasteiger charge is -2.27. The van der Waals surface area contributed by atoms with E-state index in [0.29, 0.717) is 12.2 Å². The van der Waals surface area contributed by atoms with Crippen LogP contribution in [0.5, 0.6) is 0 Å². The van der Waals surface area contributed by atoms with E-state index in [4.69, 9.17) is 4.98 Å². The van der Waals surface area contributed by atoms with Crippen molar-refractivity contribution in [3.8, 4) is 11.4 Å². The molecule has 0 radical (unpaired) electrons. The van der Waals surface area contributed by atoms with Gasteiger partial charge in [-0.25, -0.2) is 4.98 Å². The van der Waals surface area contributed by atoms with Crippen LogP contribution in [0.4, 0.5) is 0 Å². The Morgan fingerprint density at radius 3 is 2.73 bits per heavy atom. The molecule has 4 rings (SSSR count). The maximum Gasteiger partial charge on any atom is 0.142 e. The molecule has 5 nitrogen and oxygen atoms in total. The molecule has 0 unspecified atom stereocenters. The molecule has 5 heteroatoms.